The first kappa shape index (κ1) is 12.3. The predicted octanol–water partition coefficient (Wildman–Crippen LogP) is -1.26. The fourth-order valence-electron chi connectivity index (χ4n) is 0.276. The van der Waals surface area contributed by atoms with E-state index in [4.69, 9.17) is 10.2 Å². The van der Waals surface area contributed by atoms with Crippen LogP contribution in [0.15, 0.2) is 0 Å². The summed E-state index contributed by atoms with van der Waals surface area (Å²) in [5, 5.41) is 18.1. The Bertz CT molecular complexity index is 112. The Morgan fingerprint density at radius 1 is 1.10 bits per heavy atom. The summed E-state index contributed by atoms with van der Waals surface area (Å²) in [5.41, 5.74) is 0. The molecule has 0 aliphatic rings. The first-order chi connectivity index (χ1) is 4.13. The quantitative estimate of drug-likeness (QED) is 0.535. The van der Waals surface area contributed by atoms with Crippen LogP contribution in [0.5, 0.6) is 0 Å². The molecule has 0 atom stereocenters. The number of carboxylic acids is 2. The molecule has 0 fully saturated rings. The molecule has 0 aliphatic heterocycles. The normalized spacial score (nSPS) is 8.00. The minimum absolute atomic E-state index is 0. The second kappa shape index (κ2) is 6.76. The Labute approximate surface area is 72.9 Å². The summed E-state index contributed by atoms with van der Waals surface area (Å²) in [7, 11) is 0. The molecule has 0 aromatic carbocycles. The van der Waals surface area contributed by atoms with Crippen molar-refractivity contribution in [1.29, 1.82) is 0 Å². The third-order valence-corrected chi connectivity index (χ3v) is 0.552. The van der Waals surface area contributed by atoms with Gasteiger partial charge < -0.3 is 10.2 Å². The van der Waals surface area contributed by atoms with Gasteiger partial charge in [0.1, 0.15) is 0 Å². The standard InChI is InChI=1S/C4H7NO4.Ag/c6-3(7)1-5-2-4(8)9;/h5H,1-2H2,(H,6,7)(H,8,9);. The Morgan fingerprint density at radius 2 is 1.40 bits per heavy atom. The van der Waals surface area contributed by atoms with Gasteiger partial charge in [0.05, 0.1) is 13.1 Å². The maximum Gasteiger partial charge on any atom is 0.317 e. The van der Waals surface area contributed by atoms with E-state index in [1.807, 2.05) is 0 Å². The molecule has 3 N–H and O–H groups in total. The number of carbonyl (C=O) groups is 2. The maximum atomic E-state index is 9.73. The second-order valence-corrected chi connectivity index (χ2v) is 1.39. The molecule has 0 aliphatic carbocycles. The van der Waals surface area contributed by atoms with Crippen molar-refractivity contribution in [3.63, 3.8) is 0 Å². The number of hydrogen-bond acceptors (Lipinski definition) is 3. The van der Waals surface area contributed by atoms with Crippen LogP contribution in [-0.2, 0) is 32.0 Å². The van der Waals surface area contributed by atoms with E-state index in [0.29, 0.717) is 0 Å². The maximum absolute atomic E-state index is 9.73. The zero-order chi connectivity index (χ0) is 7.28. The Balaban J connectivity index is 0. The molecule has 0 spiro atoms. The van der Waals surface area contributed by atoms with Crippen LogP contribution in [0.3, 0.4) is 0 Å². The molecule has 63 valence electrons. The van der Waals surface area contributed by atoms with Crippen LogP contribution in [0, 0.1) is 0 Å². The van der Waals surface area contributed by atoms with Crippen molar-refractivity contribution in [3.05, 3.63) is 0 Å². The monoisotopic (exact) mass is 240 g/mol. The van der Waals surface area contributed by atoms with Crippen molar-refractivity contribution >= 4 is 11.9 Å². The Morgan fingerprint density at radius 3 is 1.60 bits per heavy atom. The number of nitrogens with one attached hydrogen (secondary N) is 1. The molecule has 5 nitrogen and oxygen atoms in total. The molecular formula is C4H7AgNO4. The van der Waals surface area contributed by atoms with Crippen LogP contribution in [0.1, 0.15) is 0 Å². The summed E-state index contributed by atoms with van der Waals surface area (Å²) in [6.45, 7) is -0.626. The van der Waals surface area contributed by atoms with Crippen LogP contribution < -0.4 is 5.32 Å². The average Bonchev–Trinajstić information content (AvgIpc) is 1.63. The summed E-state index contributed by atoms with van der Waals surface area (Å²) in [5.74, 6) is -2.12. The Hall–Kier alpha value is -0.360. The van der Waals surface area contributed by atoms with Crippen molar-refractivity contribution < 1.29 is 42.2 Å². The van der Waals surface area contributed by atoms with E-state index in [1.54, 1.807) is 0 Å². The van der Waals surface area contributed by atoms with Gasteiger partial charge in [0.15, 0.2) is 0 Å². The van der Waals surface area contributed by atoms with Crippen molar-refractivity contribution in [2.45, 2.75) is 0 Å². The van der Waals surface area contributed by atoms with Crippen molar-refractivity contribution in [2.75, 3.05) is 13.1 Å². The fourth-order valence-corrected chi connectivity index (χ4v) is 0.276. The summed E-state index contributed by atoms with van der Waals surface area (Å²) in [6, 6.07) is 0. The molecule has 0 unspecified atom stereocenters. The summed E-state index contributed by atoms with van der Waals surface area (Å²) >= 11 is 0. The number of carboxylic acid groups (broad SMARTS) is 2. The van der Waals surface area contributed by atoms with Crippen LogP contribution in [0.4, 0.5) is 0 Å². The minimum Gasteiger partial charge on any atom is -0.480 e. The summed E-state index contributed by atoms with van der Waals surface area (Å²) in [4.78, 5) is 19.5. The molecule has 0 aromatic rings. The molecule has 0 heterocycles. The molecule has 10 heavy (non-hydrogen) atoms. The second-order valence-electron chi connectivity index (χ2n) is 1.39. The molecule has 0 amide bonds. The Kier molecular flexibility index (Phi) is 8.33. The topological polar surface area (TPSA) is 86.6 Å². The van der Waals surface area contributed by atoms with Gasteiger partial charge in [0.2, 0.25) is 0 Å². The van der Waals surface area contributed by atoms with Crippen molar-refractivity contribution in [1.82, 2.24) is 5.32 Å². The van der Waals surface area contributed by atoms with E-state index >= 15 is 0 Å². The third kappa shape index (κ3) is 10.6. The van der Waals surface area contributed by atoms with Gasteiger partial charge in [-0.25, -0.2) is 0 Å². The molecule has 0 bridgehead atoms. The van der Waals surface area contributed by atoms with E-state index < -0.39 is 11.9 Å². The van der Waals surface area contributed by atoms with E-state index in [0.717, 1.165) is 0 Å². The van der Waals surface area contributed by atoms with Gasteiger partial charge in [-0.1, -0.05) is 0 Å². The van der Waals surface area contributed by atoms with Crippen LogP contribution >= 0.6 is 0 Å². The first-order valence-corrected chi connectivity index (χ1v) is 2.27. The van der Waals surface area contributed by atoms with E-state index in [-0.39, 0.29) is 35.5 Å². The van der Waals surface area contributed by atoms with Gasteiger partial charge in [-0.05, 0) is 0 Å². The van der Waals surface area contributed by atoms with Crippen molar-refractivity contribution in [3.8, 4) is 0 Å². The van der Waals surface area contributed by atoms with Gasteiger partial charge in [-0.2, -0.15) is 0 Å². The van der Waals surface area contributed by atoms with Crippen LogP contribution in [0.25, 0.3) is 0 Å². The van der Waals surface area contributed by atoms with Gasteiger partial charge >= 0.3 is 11.9 Å². The minimum atomic E-state index is -1.06. The van der Waals surface area contributed by atoms with Gasteiger partial charge in [0.25, 0.3) is 0 Å². The number of aliphatic carboxylic acids is 2. The molecule has 0 rings (SSSR count). The van der Waals surface area contributed by atoms with E-state index in [9.17, 15) is 9.59 Å². The largest absolute Gasteiger partial charge is 0.480 e. The molecule has 0 aromatic heterocycles. The van der Waals surface area contributed by atoms with E-state index in [1.165, 1.54) is 0 Å². The average molecular weight is 241 g/mol. The van der Waals surface area contributed by atoms with Crippen LogP contribution in [-0.4, -0.2) is 35.2 Å². The molecule has 0 saturated carbocycles. The first-order valence-electron chi connectivity index (χ1n) is 2.27. The summed E-state index contributed by atoms with van der Waals surface area (Å²) < 4.78 is 0. The van der Waals surface area contributed by atoms with Crippen molar-refractivity contribution in [2.24, 2.45) is 0 Å². The molecule has 1 radical (unpaired) electrons. The third-order valence-electron chi connectivity index (χ3n) is 0.552. The van der Waals surface area contributed by atoms with E-state index in [2.05, 4.69) is 5.32 Å². The number of rotatable bonds is 4. The number of hydrogen-bond donors (Lipinski definition) is 3. The van der Waals surface area contributed by atoms with Gasteiger partial charge in [-0.15, -0.1) is 0 Å². The zero-order valence-electron chi connectivity index (χ0n) is 4.93. The summed E-state index contributed by atoms with van der Waals surface area (Å²) in [6.07, 6.45) is 0. The fraction of sp³-hybridized carbons (Fsp3) is 0.500. The molecular weight excluding hydrogens is 234 g/mol. The zero-order valence-corrected chi connectivity index (χ0v) is 6.41. The van der Waals surface area contributed by atoms with Gasteiger partial charge in [0, 0.05) is 22.4 Å². The molecule has 0 saturated heterocycles. The smallest absolute Gasteiger partial charge is 0.317 e. The SMILES string of the molecule is O=C(O)CNCC(=O)O.[Ag]. The molecule has 6 heteroatoms. The van der Waals surface area contributed by atoms with Gasteiger partial charge in [-0.3, -0.25) is 14.9 Å². The van der Waals surface area contributed by atoms with Crippen LogP contribution in [0.2, 0.25) is 0 Å². The predicted molar refractivity (Wildman–Crippen MR) is 28.1 cm³/mol.